The lowest BCUT2D eigenvalue weighted by molar-refractivity contribution is -0.140. The van der Waals surface area contributed by atoms with Crippen molar-refractivity contribution in [2.45, 2.75) is 11.8 Å². The van der Waals surface area contributed by atoms with Gasteiger partial charge in [0.1, 0.15) is 6.54 Å². The topological polar surface area (TPSA) is 89.7 Å². The van der Waals surface area contributed by atoms with Crippen LogP contribution in [0.5, 0.6) is 0 Å². The van der Waals surface area contributed by atoms with Crippen LogP contribution in [0, 0.1) is 6.92 Å². The van der Waals surface area contributed by atoms with Crippen molar-refractivity contribution in [1.82, 2.24) is 4.31 Å². The molecule has 0 saturated heterocycles. The fraction of sp³-hybridized carbons (Fsp3) is 0.364. The summed E-state index contributed by atoms with van der Waals surface area (Å²) in [5, 5.41) is 0. The zero-order valence-electron chi connectivity index (χ0n) is 10.5. The van der Waals surface area contributed by atoms with E-state index in [4.69, 9.17) is 5.73 Å². The summed E-state index contributed by atoms with van der Waals surface area (Å²) in [6, 6.07) is 4.61. The average molecular weight is 272 g/mol. The standard InChI is InChI=1S/C11H16N2O4S/c1-8-4-5-9(12)6-10(8)18(15,16)13(2)7-11(14)17-3/h4-6H,7,12H2,1-3H3. The van der Waals surface area contributed by atoms with Gasteiger partial charge in [-0.3, -0.25) is 4.79 Å². The monoisotopic (exact) mass is 272 g/mol. The number of carbonyl (C=O) groups is 1. The molecule has 100 valence electrons. The highest BCUT2D eigenvalue weighted by Gasteiger charge is 2.25. The number of hydrogen-bond acceptors (Lipinski definition) is 5. The van der Waals surface area contributed by atoms with Gasteiger partial charge in [0.25, 0.3) is 0 Å². The molecule has 0 aromatic heterocycles. The Kier molecular flexibility index (Phi) is 4.31. The molecule has 0 fully saturated rings. The molecule has 0 unspecified atom stereocenters. The summed E-state index contributed by atoms with van der Waals surface area (Å²) in [6.45, 7) is 1.32. The molecule has 0 saturated carbocycles. The minimum Gasteiger partial charge on any atom is -0.468 e. The minimum absolute atomic E-state index is 0.0916. The van der Waals surface area contributed by atoms with Gasteiger partial charge in [-0.05, 0) is 24.6 Å². The van der Waals surface area contributed by atoms with E-state index in [-0.39, 0.29) is 11.4 Å². The molecule has 1 aromatic rings. The number of esters is 1. The lowest BCUT2D eigenvalue weighted by Crippen LogP contribution is -2.33. The largest absolute Gasteiger partial charge is 0.468 e. The van der Waals surface area contributed by atoms with E-state index in [1.807, 2.05) is 0 Å². The number of rotatable bonds is 4. The molecule has 0 aliphatic rings. The molecule has 6 nitrogen and oxygen atoms in total. The van der Waals surface area contributed by atoms with Crippen LogP contribution in [0.3, 0.4) is 0 Å². The maximum absolute atomic E-state index is 12.2. The number of benzene rings is 1. The Labute approximate surface area is 106 Å². The van der Waals surface area contributed by atoms with Crippen molar-refractivity contribution < 1.29 is 17.9 Å². The number of nitrogens with zero attached hydrogens (tertiary/aromatic N) is 1. The molecule has 0 atom stereocenters. The van der Waals surface area contributed by atoms with Crippen LogP contribution < -0.4 is 5.73 Å². The highest BCUT2D eigenvalue weighted by Crippen LogP contribution is 2.21. The Hall–Kier alpha value is -1.60. The number of nitrogens with two attached hydrogens (primary N) is 1. The summed E-state index contributed by atoms with van der Waals surface area (Å²) < 4.78 is 29.8. The molecule has 0 aliphatic heterocycles. The zero-order valence-corrected chi connectivity index (χ0v) is 11.3. The molecule has 1 aromatic carbocycles. The first-order chi connectivity index (χ1) is 8.28. The van der Waals surface area contributed by atoms with Gasteiger partial charge in [-0.15, -0.1) is 0 Å². The van der Waals surface area contributed by atoms with E-state index >= 15 is 0 Å². The average Bonchev–Trinajstić information content (AvgIpc) is 2.31. The van der Waals surface area contributed by atoms with E-state index in [1.165, 1.54) is 20.2 Å². The third-order valence-corrected chi connectivity index (χ3v) is 4.43. The fourth-order valence-corrected chi connectivity index (χ4v) is 2.76. The lowest BCUT2D eigenvalue weighted by Gasteiger charge is -2.17. The van der Waals surface area contributed by atoms with Gasteiger partial charge in [0, 0.05) is 12.7 Å². The normalized spacial score (nSPS) is 11.6. The highest BCUT2D eigenvalue weighted by molar-refractivity contribution is 7.89. The number of aryl methyl sites for hydroxylation is 1. The molecule has 0 aliphatic carbocycles. The SMILES string of the molecule is COC(=O)CN(C)S(=O)(=O)c1cc(N)ccc1C. The predicted octanol–water partition coefficient (Wildman–Crippen LogP) is 0.371. The van der Waals surface area contributed by atoms with E-state index < -0.39 is 16.0 Å². The molecule has 0 bridgehead atoms. The van der Waals surface area contributed by atoms with Gasteiger partial charge in [0.05, 0.1) is 12.0 Å². The maximum Gasteiger partial charge on any atom is 0.321 e. The van der Waals surface area contributed by atoms with Crippen LogP contribution in [0.4, 0.5) is 5.69 Å². The van der Waals surface area contributed by atoms with E-state index in [2.05, 4.69) is 4.74 Å². The quantitative estimate of drug-likeness (QED) is 0.632. The van der Waals surface area contributed by atoms with Crippen molar-refractivity contribution in [3.05, 3.63) is 23.8 Å². The molecule has 2 N–H and O–H groups in total. The number of likely N-dealkylation sites (N-methyl/N-ethyl adjacent to an activating group) is 1. The van der Waals surface area contributed by atoms with Gasteiger partial charge in [-0.2, -0.15) is 4.31 Å². The first-order valence-electron chi connectivity index (χ1n) is 5.18. The number of nitrogen functional groups attached to an aromatic ring is 1. The molecule has 18 heavy (non-hydrogen) atoms. The number of carbonyl (C=O) groups excluding carboxylic acids is 1. The van der Waals surface area contributed by atoms with E-state index in [1.54, 1.807) is 19.1 Å². The number of hydrogen-bond donors (Lipinski definition) is 1. The van der Waals surface area contributed by atoms with Crippen molar-refractivity contribution in [2.75, 3.05) is 26.4 Å². The molecule has 0 radical (unpaired) electrons. The van der Waals surface area contributed by atoms with Crippen molar-refractivity contribution in [2.24, 2.45) is 0 Å². The minimum atomic E-state index is -3.74. The smallest absolute Gasteiger partial charge is 0.321 e. The van der Waals surface area contributed by atoms with E-state index in [0.717, 1.165) is 4.31 Å². The van der Waals surface area contributed by atoms with Crippen LogP contribution in [-0.2, 0) is 19.6 Å². The summed E-state index contributed by atoms with van der Waals surface area (Å²) in [4.78, 5) is 11.2. The summed E-state index contributed by atoms with van der Waals surface area (Å²) in [6.07, 6.45) is 0. The van der Waals surface area contributed by atoms with E-state index in [9.17, 15) is 13.2 Å². The number of anilines is 1. The summed E-state index contributed by atoms with van der Waals surface area (Å²) >= 11 is 0. The van der Waals surface area contributed by atoms with Crippen LogP contribution >= 0.6 is 0 Å². The Morgan fingerprint density at radius 3 is 2.61 bits per heavy atom. The second-order valence-corrected chi connectivity index (χ2v) is 5.88. The number of ether oxygens (including phenoxy) is 1. The predicted molar refractivity (Wildman–Crippen MR) is 67.4 cm³/mol. The third-order valence-electron chi connectivity index (χ3n) is 2.48. The summed E-state index contributed by atoms with van der Waals surface area (Å²) in [5.41, 5.74) is 6.50. The summed E-state index contributed by atoms with van der Waals surface area (Å²) in [5.74, 6) is -0.623. The van der Waals surface area contributed by atoms with Gasteiger partial charge in [0.15, 0.2) is 0 Å². The Balaban J connectivity index is 3.13. The van der Waals surface area contributed by atoms with Gasteiger partial charge < -0.3 is 10.5 Å². The summed E-state index contributed by atoms with van der Waals surface area (Å²) in [7, 11) is -1.23. The molecule has 0 heterocycles. The van der Waals surface area contributed by atoms with Gasteiger partial charge in [0.2, 0.25) is 10.0 Å². The van der Waals surface area contributed by atoms with Crippen molar-refractivity contribution in [3.8, 4) is 0 Å². The lowest BCUT2D eigenvalue weighted by atomic mass is 10.2. The van der Waals surface area contributed by atoms with Crippen molar-refractivity contribution in [1.29, 1.82) is 0 Å². The Morgan fingerprint density at radius 1 is 1.44 bits per heavy atom. The number of methoxy groups -OCH3 is 1. The Bertz CT molecular complexity index is 554. The highest BCUT2D eigenvalue weighted by atomic mass is 32.2. The molecule has 7 heteroatoms. The van der Waals surface area contributed by atoms with Crippen LogP contribution in [-0.4, -0.2) is 39.4 Å². The molecule has 1 rings (SSSR count). The fourth-order valence-electron chi connectivity index (χ4n) is 1.39. The van der Waals surface area contributed by atoms with Crippen LogP contribution in [0.15, 0.2) is 23.1 Å². The second-order valence-electron chi connectivity index (χ2n) is 3.86. The molecule has 0 spiro atoms. The second kappa shape index (κ2) is 5.36. The number of sulfonamides is 1. The first-order valence-corrected chi connectivity index (χ1v) is 6.62. The molecular formula is C11H16N2O4S. The van der Waals surface area contributed by atoms with Crippen molar-refractivity contribution >= 4 is 21.7 Å². The van der Waals surface area contributed by atoms with Crippen molar-refractivity contribution in [3.63, 3.8) is 0 Å². The zero-order chi connectivity index (χ0) is 13.9. The third kappa shape index (κ3) is 2.99. The Morgan fingerprint density at radius 2 is 2.06 bits per heavy atom. The van der Waals surface area contributed by atoms with Crippen LogP contribution in [0.1, 0.15) is 5.56 Å². The van der Waals surface area contributed by atoms with E-state index in [0.29, 0.717) is 11.3 Å². The van der Waals surface area contributed by atoms with Crippen LogP contribution in [0.25, 0.3) is 0 Å². The van der Waals surface area contributed by atoms with Gasteiger partial charge in [-0.1, -0.05) is 6.07 Å². The van der Waals surface area contributed by atoms with Gasteiger partial charge >= 0.3 is 5.97 Å². The first kappa shape index (κ1) is 14.5. The van der Waals surface area contributed by atoms with Crippen LogP contribution in [0.2, 0.25) is 0 Å². The maximum atomic E-state index is 12.2. The molecular weight excluding hydrogens is 256 g/mol. The molecule has 0 amide bonds. The van der Waals surface area contributed by atoms with Gasteiger partial charge in [-0.25, -0.2) is 8.42 Å².